The Kier molecular flexibility index (Phi) is 3.66. The number of ether oxygens (including phenoxy) is 1. The number of morpholine rings is 1. The second kappa shape index (κ2) is 5.60. The molecule has 104 valence electrons. The second-order valence-corrected chi connectivity index (χ2v) is 5.57. The lowest BCUT2D eigenvalue weighted by Crippen LogP contribution is -2.38. The normalized spacial score (nSPS) is 19.0. The molecule has 1 saturated heterocycles. The molecule has 0 N–H and O–H groups in total. The fourth-order valence-corrected chi connectivity index (χ4v) is 3.08. The van der Waals surface area contributed by atoms with Crippen molar-refractivity contribution in [2.24, 2.45) is 0 Å². The van der Waals surface area contributed by atoms with Crippen molar-refractivity contribution in [1.29, 1.82) is 0 Å². The standard InChI is InChI=1S/C14H14N2O3S/c17-16(18)12-5-3-11(4-6-12)15-7-8-19-13(10-15)14-2-1-9-20-14/h1-6,9,13H,7-8,10H2. The van der Waals surface area contributed by atoms with Gasteiger partial charge in [-0.25, -0.2) is 0 Å². The molecule has 0 amide bonds. The molecule has 2 heterocycles. The Labute approximate surface area is 120 Å². The van der Waals surface area contributed by atoms with E-state index in [1.807, 2.05) is 11.4 Å². The Morgan fingerprint density at radius 1 is 1.30 bits per heavy atom. The molecule has 1 atom stereocenters. The third kappa shape index (κ3) is 2.66. The summed E-state index contributed by atoms with van der Waals surface area (Å²) in [6, 6.07) is 10.8. The van der Waals surface area contributed by atoms with Gasteiger partial charge in [-0.2, -0.15) is 0 Å². The Bertz CT molecular complexity index is 583. The summed E-state index contributed by atoms with van der Waals surface area (Å²) in [7, 11) is 0. The van der Waals surface area contributed by atoms with Gasteiger partial charge >= 0.3 is 0 Å². The lowest BCUT2D eigenvalue weighted by molar-refractivity contribution is -0.384. The summed E-state index contributed by atoms with van der Waals surface area (Å²) >= 11 is 1.69. The van der Waals surface area contributed by atoms with Gasteiger partial charge in [-0.1, -0.05) is 6.07 Å². The van der Waals surface area contributed by atoms with Crippen LogP contribution in [0.15, 0.2) is 41.8 Å². The molecule has 2 aromatic rings. The highest BCUT2D eigenvalue weighted by atomic mass is 32.1. The van der Waals surface area contributed by atoms with Crippen molar-refractivity contribution in [3.8, 4) is 0 Å². The molecule has 1 aliphatic rings. The van der Waals surface area contributed by atoms with Crippen LogP contribution in [-0.2, 0) is 4.74 Å². The van der Waals surface area contributed by atoms with Gasteiger partial charge in [-0.15, -0.1) is 11.3 Å². The molecule has 1 aromatic carbocycles. The molecular weight excluding hydrogens is 276 g/mol. The van der Waals surface area contributed by atoms with Crippen molar-refractivity contribution in [2.75, 3.05) is 24.6 Å². The summed E-state index contributed by atoms with van der Waals surface area (Å²) in [4.78, 5) is 13.7. The molecule has 1 unspecified atom stereocenters. The van der Waals surface area contributed by atoms with E-state index in [-0.39, 0.29) is 16.7 Å². The zero-order valence-electron chi connectivity index (χ0n) is 10.8. The van der Waals surface area contributed by atoms with Gasteiger partial charge in [-0.05, 0) is 23.6 Å². The fraction of sp³-hybridized carbons (Fsp3) is 0.286. The lowest BCUT2D eigenvalue weighted by Gasteiger charge is -2.34. The van der Waals surface area contributed by atoms with Crippen LogP contribution < -0.4 is 4.90 Å². The first-order valence-corrected chi connectivity index (χ1v) is 7.26. The van der Waals surface area contributed by atoms with Crippen LogP contribution in [0.3, 0.4) is 0 Å². The van der Waals surface area contributed by atoms with Crippen LogP contribution in [0, 0.1) is 10.1 Å². The number of thiophene rings is 1. The lowest BCUT2D eigenvalue weighted by atomic mass is 10.2. The number of nitro groups is 1. The zero-order chi connectivity index (χ0) is 13.9. The van der Waals surface area contributed by atoms with Gasteiger partial charge in [0, 0.05) is 35.8 Å². The maximum Gasteiger partial charge on any atom is 0.269 e. The monoisotopic (exact) mass is 290 g/mol. The molecule has 0 aliphatic carbocycles. The summed E-state index contributed by atoms with van der Waals surface area (Å²) in [5.74, 6) is 0. The average Bonchev–Trinajstić information content (AvgIpc) is 3.02. The molecule has 0 bridgehead atoms. The molecule has 1 fully saturated rings. The quantitative estimate of drug-likeness (QED) is 0.643. The fourth-order valence-electron chi connectivity index (χ4n) is 2.32. The predicted molar refractivity (Wildman–Crippen MR) is 78.3 cm³/mol. The largest absolute Gasteiger partial charge is 0.369 e. The minimum Gasteiger partial charge on any atom is -0.369 e. The van der Waals surface area contributed by atoms with Gasteiger partial charge in [0.15, 0.2) is 0 Å². The van der Waals surface area contributed by atoms with Gasteiger partial charge in [0.25, 0.3) is 5.69 Å². The van der Waals surface area contributed by atoms with E-state index >= 15 is 0 Å². The molecule has 6 heteroatoms. The van der Waals surface area contributed by atoms with Crippen molar-refractivity contribution in [2.45, 2.75) is 6.10 Å². The molecule has 0 spiro atoms. The number of non-ortho nitro benzene ring substituents is 1. The van der Waals surface area contributed by atoms with Crippen molar-refractivity contribution in [3.05, 3.63) is 56.8 Å². The molecule has 5 nitrogen and oxygen atoms in total. The molecule has 1 aliphatic heterocycles. The smallest absolute Gasteiger partial charge is 0.269 e. The first kappa shape index (κ1) is 13.1. The number of hydrogen-bond acceptors (Lipinski definition) is 5. The molecule has 0 saturated carbocycles. The highest BCUT2D eigenvalue weighted by Crippen LogP contribution is 2.29. The van der Waals surface area contributed by atoms with E-state index in [2.05, 4.69) is 11.0 Å². The first-order chi connectivity index (χ1) is 9.74. The number of rotatable bonds is 3. The molecule has 20 heavy (non-hydrogen) atoms. The highest BCUT2D eigenvalue weighted by Gasteiger charge is 2.23. The predicted octanol–water partition coefficient (Wildman–Crippen LogP) is 3.23. The summed E-state index contributed by atoms with van der Waals surface area (Å²) in [6.07, 6.45) is 0.0824. The minimum atomic E-state index is -0.377. The summed E-state index contributed by atoms with van der Waals surface area (Å²) < 4.78 is 5.80. The average molecular weight is 290 g/mol. The number of nitrogens with zero attached hydrogens (tertiary/aromatic N) is 2. The third-order valence-electron chi connectivity index (χ3n) is 3.35. The van der Waals surface area contributed by atoms with E-state index in [4.69, 9.17) is 4.74 Å². The summed E-state index contributed by atoms with van der Waals surface area (Å²) in [6.45, 7) is 2.25. The Balaban J connectivity index is 1.75. The SMILES string of the molecule is O=[N+]([O-])c1ccc(N2CCOC(c3cccs3)C2)cc1. The van der Waals surface area contributed by atoms with E-state index in [0.29, 0.717) is 6.61 Å². The number of hydrogen-bond donors (Lipinski definition) is 0. The second-order valence-electron chi connectivity index (χ2n) is 4.59. The van der Waals surface area contributed by atoms with E-state index < -0.39 is 0 Å². The minimum absolute atomic E-state index is 0.0824. The summed E-state index contributed by atoms with van der Waals surface area (Å²) in [5.41, 5.74) is 1.12. The van der Waals surface area contributed by atoms with Gasteiger partial charge in [-0.3, -0.25) is 10.1 Å². The Hall–Kier alpha value is -1.92. The molecule has 3 rings (SSSR count). The van der Waals surface area contributed by atoms with Crippen molar-refractivity contribution in [3.63, 3.8) is 0 Å². The number of anilines is 1. The first-order valence-electron chi connectivity index (χ1n) is 6.38. The third-order valence-corrected chi connectivity index (χ3v) is 4.32. The van der Waals surface area contributed by atoms with Crippen molar-refractivity contribution in [1.82, 2.24) is 0 Å². The maximum atomic E-state index is 10.7. The van der Waals surface area contributed by atoms with Crippen LogP contribution in [0.2, 0.25) is 0 Å². The molecule has 0 radical (unpaired) electrons. The topological polar surface area (TPSA) is 55.6 Å². The van der Waals surface area contributed by atoms with Crippen LogP contribution in [-0.4, -0.2) is 24.6 Å². The van der Waals surface area contributed by atoms with Crippen LogP contribution in [0.25, 0.3) is 0 Å². The van der Waals surface area contributed by atoms with Gasteiger partial charge in [0.2, 0.25) is 0 Å². The van der Waals surface area contributed by atoms with Crippen molar-refractivity contribution < 1.29 is 9.66 Å². The van der Waals surface area contributed by atoms with Crippen LogP contribution in [0.5, 0.6) is 0 Å². The molecule has 1 aromatic heterocycles. The maximum absolute atomic E-state index is 10.7. The van der Waals surface area contributed by atoms with Crippen LogP contribution in [0.4, 0.5) is 11.4 Å². The number of nitro benzene ring substituents is 1. The van der Waals surface area contributed by atoms with E-state index in [9.17, 15) is 10.1 Å². The van der Waals surface area contributed by atoms with Gasteiger partial charge in [0.1, 0.15) is 6.10 Å². The van der Waals surface area contributed by atoms with Gasteiger partial charge in [0.05, 0.1) is 11.5 Å². The number of benzene rings is 1. The zero-order valence-corrected chi connectivity index (χ0v) is 11.6. The highest BCUT2D eigenvalue weighted by molar-refractivity contribution is 7.10. The van der Waals surface area contributed by atoms with E-state index in [0.717, 1.165) is 18.8 Å². The van der Waals surface area contributed by atoms with Crippen LogP contribution >= 0.6 is 11.3 Å². The summed E-state index contributed by atoms with van der Waals surface area (Å²) in [5, 5.41) is 12.7. The van der Waals surface area contributed by atoms with Gasteiger partial charge < -0.3 is 9.64 Å². The molecular formula is C14H14N2O3S. The van der Waals surface area contributed by atoms with Crippen LogP contribution in [0.1, 0.15) is 11.0 Å². The Morgan fingerprint density at radius 2 is 2.10 bits per heavy atom. The van der Waals surface area contributed by atoms with Crippen molar-refractivity contribution >= 4 is 22.7 Å². The van der Waals surface area contributed by atoms with E-state index in [1.54, 1.807) is 35.6 Å². The Morgan fingerprint density at radius 3 is 2.75 bits per heavy atom. The van der Waals surface area contributed by atoms with E-state index in [1.165, 1.54) is 4.88 Å².